The van der Waals surface area contributed by atoms with Crippen molar-refractivity contribution in [2.75, 3.05) is 6.54 Å². The van der Waals surface area contributed by atoms with E-state index < -0.39 is 35.8 Å². The SMILES string of the molecule is CC(C)(C)OC(=O)C(F)N1C(=O)C2CCCN2C1=O. The molecule has 3 amide bonds. The number of esters is 1. The van der Waals surface area contributed by atoms with Gasteiger partial charge in [-0.1, -0.05) is 0 Å². The Kier molecular flexibility index (Phi) is 3.24. The van der Waals surface area contributed by atoms with Crippen LogP contribution in [0.4, 0.5) is 9.18 Å². The molecule has 0 aromatic rings. The van der Waals surface area contributed by atoms with Crippen LogP contribution in [0.5, 0.6) is 0 Å². The first kappa shape index (κ1) is 13.8. The van der Waals surface area contributed by atoms with E-state index in [0.717, 1.165) is 6.42 Å². The van der Waals surface area contributed by atoms with E-state index in [9.17, 15) is 18.8 Å². The zero-order valence-corrected chi connectivity index (χ0v) is 11.2. The largest absolute Gasteiger partial charge is 0.456 e. The van der Waals surface area contributed by atoms with Gasteiger partial charge in [0.2, 0.25) is 0 Å². The molecule has 0 spiro atoms. The summed E-state index contributed by atoms with van der Waals surface area (Å²) in [5, 5.41) is 0. The fraction of sp³-hybridized carbons (Fsp3) is 0.750. The standard InChI is InChI=1S/C12H17FN2O4/c1-12(2,3)19-10(17)8(13)15-9(16)7-5-4-6-14(7)11(15)18/h7-8H,4-6H2,1-3H3. The average molecular weight is 272 g/mol. The number of nitrogens with zero attached hydrogens (tertiary/aromatic N) is 2. The van der Waals surface area contributed by atoms with Crippen LogP contribution in [-0.4, -0.2) is 52.2 Å². The highest BCUT2D eigenvalue weighted by atomic mass is 19.1. The van der Waals surface area contributed by atoms with Crippen molar-refractivity contribution in [3.8, 4) is 0 Å². The van der Waals surface area contributed by atoms with Crippen molar-refractivity contribution in [2.24, 2.45) is 0 Å². The van der Waals surface area contributed by atoms with Crippen molar-refractivity contribution >= 4 is 17.9 Å². The molecule has 0 aliphatic carbocycles. The third kappa shape index (κ3) is 2.41. The van der Waals surface area contributed by atoms with Crippen LogP contribution >= 0.6 is 0 Å². The van der Waals surface area contributed by atoms with E-state index in [-0.39, 0.29) is 0 Å². The summed E-state index contributed by atoms with van der Waals surface area (Å²) in [5.74, 6) is -1.86. The third-order valence-corrected chi connectivity index (χ3v) is 3.06. The van der Waals surface area contributed by atoms with E-state index in [1.807, 2.05) is 0 Å². The predicted octanol–water partition coefficient (Wildman–Crippen LogP) is 1.05. The normalized spacial score (nSPS) is 24.7. The van der Waals surface area contributed by atoms with Crippen LogP contribution in [0.3, 0.4) is 0 Å². The Morgan fingerprint density at radius 2 is 2.05 bits per heavy atom. The molecule has 0 saturated carbocycles. The first-order chi connectivity index (χ1) is 8.72. The van der Waals surface area contributed by atoms with E-state index in [4.69, 9.17) is 4.74 Å². The number of halogens is 1. The Bertz CT molecular complexity index is 410. The molecule has 2 fully saturated rings. The second kappa shape index (κ2) is 4.47. The number of imide groups is 1. The maximum atomic E-state index is 14.0. The van der Waals surface area contributed by atoms with Gasteiger partial charge in [-0.15, -0.1) is 0 Å². The van der Waals surface area contributed by atoms with Gasteiger partial charge >= 0.3 is 12.0 Å². The summed E-state index contributed by atoms with van der Waals surface area (Å²) in [5.41, 5.74) is -0.872. The molecule has 0 aromatic heterocycles. The van der Waals surface area contributed by atoms with Crippen molar-refractivity contribution in [1.82, 2.24) is 9.80 Å². The lowest BCUT2D eigenvalue weighted by atomic mass is 10.2. The van der Waals surface area contributed by atoms with Crippen LogP contribution in [0.25, 0.3) is 0 Å². The number of amides is 3. The molecule has 19 heavy (non-hydrogen) atoms. The van der Waals surface area contributed by atoms with Gasteiger partial charge in [-0.05, 0) is 33.6 Å². The summed E-state index contributed by atoms with van der Waals surface area (Å²) in [6, 6.07) is -1.36. The van der Waals surface area contributed by atoms with Gasteiger partial charge in [-0.2, -0.15) is 0 Å². The molecule has 7 heteroatoms. The second-order valence-corrected chi connectivity index (χ2v) is 5.71. The molecule has 0 radical (unpaired) electrons. The maximum Gasteiger partial charge on any atom is 0.363 e. The third-order valence-electron chi connectivity index (χ3n) is 3.06. The molecule has 2 heterocycles. The Morgan fingerprint density at radius 3 is 2.58 bits per heavy atom. The van der Waals surface area contributed by atoms with Crippen LogP contribution in [0.2, 0.25) is 0 Å². The van der Waals surface area contributed by atoms with Gasteiger partial charge in [0.25, 0.3) is 12.2 Å². The number of rotatable bonds is 2. The number of fused-ring (bicyclic) bond motifs is 1. The van der Waals surface area contributed by atoms with Crippen molar-refractivity contribution < 1.29 is 23.5 Å². The summed E-state index contributed by atoms with van der Waals surface area (Å²) >= 11 is 0. The van der Waals surface area contributed by atoms with E-state index in [2.05, 4.69) is 0 Å². The van der Waals surface area contributed by atoms with Crippen LogP contribution in [0.15, 0.2) is 0 Å². The highest BCUT2D eigenvalue weighted by Crippen LogP contribution is 2.29. The van der Waals surface area contributed by atoms with Gasteiger partial charge in [0.1, 0.15) is 11.6 Å². The topological polar surface area (TPSA) is 66.9 Å². The molecule has 2 aliphatic rings. The highest BCUT2D eigenvalue weighted by Gasteiger charge is 2.52. The quantitative estimate of drug-likeness (QED) is 0.428. The molecule has 2 aliphatic heterocycles. The van der Waals surface area contributed by atoms with Crippen molar-refractivity contribution in [3.05, 3.63) is 0 Å². The first-order valence-corrected chi connectivity index (χ1v) is 6.23. The van der Waals surface area contributed by atoms with Gasteiger partial charge in [0, 0.05) is 6.54 Å². The molecular formula is C12H17FN2O4. The number of alkyl halides is 1. The maximum absolute atomic E-state index is 14.0. The minimum Gasteiger partial charge on any atom is -0.456 e. The van der Waals surface area contributed by atoms with Crippen LogP contribution in [0.1, 0.15) is 33.6 Å². The molecule has 0 bridgehead atoms. The van der Waals surface area contributed by atoms with Gasteiger partial charge < -0.3 is 9.64 Å². The number of carbonyl (C=O) groups is 3. The summed E-state index contributed by atoms with van der Waals surface area (Å²) in [6.45, 7) is 5.18. The zero-order chi connectivity index (χ0) is 14.4. The number of hydrogen-bond donors (Lipinski definition) is 0. The number of urea groups is 1. The van der Waals surface area contributed by atoms with Crippen LogP contribution in [0, 0.1) is 0 Å². The lowest BCUT2D eigenvalue weighted by Gasteiger charge is -2.24. The Labute approximate surface area is 110 Å². The molecular weight excluding hydrogens is 255 g/mol. The van der Waals surface area contributed by atoms with Gasteiger partial charge in [0.15, 0.2) is 0 Å². The smallest absolute Gasteiger partial charge is 0.363 e. The second-order valence-electron chi connectivity index (χ2n) is 5.71. The molecule has 2 atom stereocenters. The fourth-order valence-corrected chi connectivity index (χ4v) is 2.31. The van der Waals surface area contributed by atoms with E-state index in [1.165, 1.54) is 4.90 Å². The lowest BCUT2D eigenvalue weighted by Crippen LogP contribution is -2.46. The summed E-state index contributed by atoms with van der Waals surface area (Å²) in [4.78, 5) is 37.1. The summed E-state index contributed by atoms with van der Waals surface area (Å²) in [6.07, 6.45) is -1.13. The van der Waals surface area contributed by atoms with Gasteiger partial charge in [0.05, 0.1) is 0 Å². The first-order valence-electron chi connectivity index (χ1n) is 6.23. The molecule has 6 nitrogen and oxygen atoms in total. The number of carbonyl (C=O) groups excluding carboxylic acids is 3. The van der Waals surface area contributed by atoms with Crippen molar-refractivity contribution in [2.45, 2.75) is 51.6 Å². The highest BCUT2D eigenvalue weighted by molar-refractivity contribution is 6.07. The van der Waals surface area contributed by atoms with Crippen LogP contribution in [-0.2, 0) is 14.3 Å². The molecule has 106 valence electrons. The zero-order valence-electron chi connectivity index (χ0n) is 11.2. The predicted molar refractivity (Wildman–Crippen MR) is 62.7 cm³/mol. The number of hydrogen-bond acceptors (Lipinski definition) is 4. The minimum absolute atomic E-state index is 0.373. The van der Waals surface area contributed by atoms with Gasteiger partial charge in [-0.25, -0.2) is 18.9 Å². The molecule has 2 rings (SSSR count). The van der Waals surface area contributed by atoms with Crippen LogP contribution < -0.4 is 0 Å². The molecule has 0 N–H and O–H groups in total. The number of ether oxygens (including phenoxy) is 1. The van der Waals surface area contributed by atoms with E-state index >= 15 is 0 Å². The summed E-state index contributed by atoms with van der Waals surface area (Å²) < 4.78 is 18.9. The average Bonchev–Trinajstić information content (AvgIpc) is 2.81. The molecule has 2 saturated heterocycles. The Hall–Kier alpha value is -1.66. The molecule has 2 unspecified atom stereocenters. The van der Waals surface area contributed by atoms with Crippen molar-refractivity contribution in [1.29, 1.82) is 0 Å². The minimum atomic E-state index is -2.37. The van der Waals surface area contributed by atoms with Crippen molar-refractivity contribution in [3.63, 3.8) is 0 Å². The fourth-order valence-electron chi connectivity index (χ4n) is 2.31. The molecule has 0 aromatic carbocycles. The van der Waals surface area contributed by atoms with Gasteiger partial charge in [-0.3, -0.25) is 4.79 Å². The lowest BCUT2D eigenvalue weighted by molar-refractivity contribution is -0.169. The Morgan fingerprint density at radius 1 is 1.42 bits per heavy atom. The summed E-state index contributed by atoms with van der Waals surface area (Å²) in [7, 11) is 0. The monoisotopic (exact) mass is 272 g/mol. The Balaban J connectivity index is 2.12. The van der Waals surface area contributed by atoms with E-state index in [0.29, 0.717) is 17.9 Å². The van der Waals surface area contributed by atoms with E-state index in [1.54, 1.807) is 20.8 Å².